The van der Waals surface area contributed by atoms with Crippen LogP contribution in [0.1, 0.15) is 43.9 Å². The van der Waals surface area contributed by atoms with Crippen molar-refractivity contribution in [2.75, 3.05) is 6.54 Å². The fraction of sp³-hybridized carbons (Fsp3) is 0.769. The first-order valence-corrected chi connectivity index (χ1v) is 7.09. The van der Waals surface area contributed by atoms with E-state index in [4.69, 9.17) is 4.42 Å². The van der Waals surface area contributed by atoms with Crippen molar-refractivity contribution in [3.05, 3.63) is 11.8 Å². The van der Waals surface area contributed by atoms with Gasteiger partial charge in [0.2, 0.25) is 11.8 Å². The minimum absolute atomic E-state index is 0.0422. The number of hydrogen-bond acceptors (Lipinski definition) is 4. The predicted octanol–water partition coefficient (Wildman–Crippen LogP) is 1.56. The first-order chi connectivity index (χ1) is 9.20. The highest BCUT2D eigenvalue weighted by molar-refractivity contribution is 5.76. The first-order valence-electron chi connectivity index (χ1n) is 7.09. The van der Waals surface area contributed by atoms with Crippen LogP contribution in [0, 0.1) is 12.8 Å². The van der Waals surface area contributed by atoms with E-state index in [2.05, 4.69) is 15.5 Å². The molecule has 1 aliphatic heterocycles. The number of rotatable bonds is 2. The SMILES string of the molecule is Cc1nnc([C@]23CC[C@H]2CCN3C(=O)NC2CC2)o1. The van der Waals surface area contributed by atoms with E-state index in [1.807, 2.05) is 4.90 Å². The number of carbonyl (C=O) groups excluding carboxylic acids is 1. The summed E-state index contributed by atoms with van der Waals surface area (Å²) in [6.45, 7) is 2.59. The Hall–Kier alpha value is -1.59. The Balaban J connectivity index is 1.65. The van der Waals surface area contributed by atoms with Gasteiger partial charge in [-0.1, -0.05) is 0 Å². The average molecular weight is 262 g/mol. The van der Waals surface area contributed by atoms with Gasteiger partial charge in [-0.05, 0) is 38.0 Å². The second-order valence-corrected chi connectivity index (χ2v) is 5.95. The van der Waals surface area contributed by atoms with E-state index in [9.17, 15) is 4.79 Å². The molecular formula is C13H18N4O2. The molecule has 3 fully saturated rings. The molecule has 3 aliphatic rings. The quantitative estimate of drug-likeness (QED) is 0.878. The lowest BCUT2D eigenvalue weighted by molar-refractivity contribution is 0.0137. The summed E-state index contributed by atoms with van der Waals surface area (Å²) >= 11 is 0. The standard InChI is InChI=1S/C13H18N4O2/c1-8-15-16-11(19-8)13-6-4-9(13)5-7-17(13)12(18)14-10-2-3-10/h9-10H,2-7H2,1H3,(H,14,18)/t9-,13-/m0/s1. The zero-order chi connectivity index (χ0) is 13.0. The van der Waals surface area contributed by atoms with Crippen LogP contribution >= 0.6 is 0 Å². The molecule has 1 aromatic rings. The molecule has 102 valence electrons. The molecule has 1 saturated heterocycles. The van der Waals surface area contributed by atoms with Crippen LogP contribution in [0.5, 0.6) is 0 Å². The summed E-state index contributed by atoms with van der Waals surface area (Å²) in [6, 6.07) is 0.425. The molecule has 6 heteroatoms. The van der Waals surface area contributed by atoms with Gasteiger partial charge in [0.05, 0.1) is 0 Å². The number of aromatic nitrogens is 2. The summed E-state index contributed by atoms with van der Waals surface area (Å²) in [7, 11) is 0. The molecule has 0 bridgehead atoms. The van der Waals surface area contributed by atoms with Gasteiger partial charge in [-0.3, -0.25) is 0 Å². The highest BCUT2D eigenvalue weighted by atomic mass is 16.4. The van der Waals surface area contributed by atoms with Gasteiger partial charge in [-0.25, -0.2) is 4.79 Å². The minimum Gasteiger partial charge on any atom is -0.423 e. The van der Waals surface area contributed by atoms with Crippen molar-refractivity contribution >= 4 is 6.03 Å². The first kappa shape index (κ1) is 11.3. The monoisotopic (exact) mass is 262 g/mol. The summed E-state index contributed by atoms with van der Waals surface area (Å²) in [5.74, 6) is 1.69. The van der Waals surface area contributed by atoms with Gasteiger partial charge in [-0.2, -0.15) is 0 Å². The molecule has 2 heterocycles. The fourth-order valence-corrected chi connectivity index (χ4v) is 3.48. The number of hydrogen-bond donors (Lipinski definition) is 1. The second-order valence-electron chi connectivity index (χ2n) is 5.95. The predicted molar refractivity (Wildman–Crippen MR) is 66.3 cm³/mol. The Bertz CT molecular complexity index is 524. The van der Waals surface area contributed by atoms with Crippen LogP contribution < -0.4 is 5.32 Å². The van der Waals surface area contributed by atoms with E-state index in [1.165, 1.54) is 0 Å². The van der Waals surface area contributed by atoms with E-state index in [1.54, 1.807) is 6.92 Å². The second kappa shape index (κ2) is 3.71. The molecule has 1 N–H and O–H groups in total. The molecule has 2 aliphatic carbocycles. The Morgan fingerprint density at radius 2 is 2.21 bits per heavy atom. The molecule has 19 heavy (non-hydrogen) atoms. The van der Waals surface area contributed by atoms with Crippen molar-refractivity contribution in [2.24, 2.45) is 5.92 Å². The van der Waals surface area contributed by atoms with Gasteiger partial charge < -0.3 is 14.6 Å². The smallest absolute Gasteiger partial charge is 0.318 e. The van der Waals surface area contributed by atoms with Gasteiger partial charge in [0.1, 0.15) is 5.54 Å². The van der Waals surface area contributed by atoms with E-state index < -0.39 is 0 Å². The maximum Gasteiger partial charge on any atom is 0.318 e. The van der Waals surface area contributed by atoms with E-state index in [-0.39, 0.29) is 11.6 Å². The molecule has 6 nitrogen and oxygen atoms in total. The normalized spacial score (nSPS) is 32.9. The fourth-order valence-electron chi connectivity index (χ4n) is 3.48. The molecule has 0 aromatic carbocycles. The Kier molecular flexibility index (Phi) is 2.20. The van der Waals surface area contributed by atoms with Crippen LogP contribution in [-0.4, -0.2) is 33.7 Å². The van der Waals surface area contributed by atoms with E-state index in [0.29, 0.717) is 23.7 Å². The Morgan fingerprint density at radius 3 is 2.79 bits per heavy atom. The molecule has 0 spiro atoms. The number of aryl methyl sites for hydroxylation is 1. The average Bonchev–Trinajstić information content (AvgIpc) is 2.99. The Morgan fingerprint density at radius 1 is 1.37 bits per heavy atom. The molecule has 4 rings (SSSR count). The summed E-state index contributed by atoms with van der Waals surface area (Å²) in [6.07, 6.45) is 5.34. The molecular weight excluding hydrogens is 244 g/mol. The zero-order valence-electron chi connectivity index (χ0n) is 11.1. The van der Waals surface area contributed by atoms with Gasteiger partial charge in [-0.15, -0.1) is 10.2 Å². The molecule has 1 aromatic heterocycles. The highest BCUT2D eigenvalue weighted by Crippen LogP contribution is 2.56. The molecule has 2 amide bonds. The molecule has 0 radical (unpaired) electrons. The lowest BCUT2D eigenvalue weighted by atomic mass is 9.67. The number of fused-ring (bicyclic) bond motifs is 1. The van der Waals surface area contributed by atoms with Gasteiger partial charge in [0, 0.05) is 19.5 Å². The summed E-state index contributed by atoms with van der Waals surface area (Å²) in [5, 5.41) is 11.2. The Labute approximate surface area is 111 Å². The zero-order valence-corrected chi connectivity index (χ0v) is 11.1. The van der Waals surface area contributed by atoms with E-state index in [0.717, 1.165) is 38.6 Å². The topological polar surface area (TPSA) is 71.3 Å². The number of urea groups is 1. The van der Waals surface area contributed by atoms with Crippen LogP contribution in [0.2, 0.25) is 0 Å². The molecule has 2 atom stereocenters. The third-order valence-corrected chi connectivity index (χ3v) is 4.78. The maximum atomic E-state index is 12.4. The third kappa shape index (κ3) is 1.52. The van der Waals surface area contributed by atoms with Gasteiger partial charge in [0.25, 0.3) is 0 Å². The lowest BCUT2D eigenvalue weighted by Crippen LogP contribution is -2.56. The largest absolute Gasteiger partial charge is 0.423 e. The third-order valence-electron chi connectivity index (χ3n) is 4.78. The summed E-state index contributed by atoms with van der Waals surface area (Å²) < 4.78 is 5.65. The number of carbonyl (C=O) groups is 1. The lowest BCUT2D eigenvalue weighted by Gasteiger charge is -2.46. The van der Waals surface area contributed by atoms with Crippen LogP contribution in [0.15, 0.2) is 4.42 Å². The van der Waals surface area contributed by atoms with Crippen molar-refractivity contribution in [1.29, 1.82) is 0 Å². The van der Waals surface area contributed by atoms with Crippen molar-refractivity contribution in [2.45, 2.75) is 50.6 Å². The van der Waals surface area contributed by atoms with Gasteiger partial charge in [0.15, 0.2) is 0 Å². The van der Waals surface area contributed by atoms with E-state index >= 15 is 0 Å². The summed E-state index contributed by atoms with van der Waals surface area (Å²) in [5.41, 5.74) is -0.319. The number of nitrogens with zero attached hydrogens (tertiary/aromatic N) is 3. The number of amides is 2. The van der Waals surface area contributed by atoms with Crippen molar-refractivity contribution < 1.29 is 9.21 Å². The van der Waals surface area contributed by atoms with Crippen LogP contribution in [0.3, 0.4) is 0 Å². The van der Waals surface area contributed by atoms with Crippen LogP contribution in [0.4, 0.5) is 4.79 Å². The molecule has 0 unspecified atom stereocenters. The van der Waals surface area contributed by atoms with Crippen LogP contribution in [-0.2, 0) is 5.54 Å². The number of likely N-dealkylation sites (tertiary alicyclic amines) is 1. The summed E-state index contributed by atoms with van der Waals surface area (Å²) in [4.78, 5) is 14.3. The van der Waals surface area contributed by atoms with Crippen molar-refractivity contribution in [1.82, 2.24) is 20.4 Å². The van der Waals surface area contributed by atoms with Crippen LogP contribution in [0.25, 0.3) is 0 Å². The highest BCUT2D eigenvalue weighted by Gasteiger charge is 2.61. The minimum atomic E-state index is -0.319. The number of nitrogens with one attached hydrogen (secondary N) is 1. The molecule has 2 saturated carbocycles. The van der Waals surface area contributed by atoms with Crippen molar-refractivity contribution in [3.8, 4) is 0 Å². The maximum absolute atomic E-state index is 12.4. The van der Waals surface area contributed by atoms with Crippen molar-refractivity contribution in [3.63, 3.8) is 0 Å². The van der Waals surface area contributed by atoms with Gasteiger partial charge >= 0.3 is 6.03 Å².